The van der Waals surface area contributed by atoms with E-state index in [0.29, 0.717) is 18.8 Å². The van der Waals surface area contributed by atoms with Gasteiger partial charge in [0.2, 0.25) is 0 Å². The van der Waals surface area contributed by atoms with E-state index in [1.165, 1.54) is 13.0 Å². The smallest absolute Gasteiger partial charge is 0.368 e. The van der Waals surface area contributed by atoms with Crippen molar-refractivity contribution in [3.05, 3.63) is 40.9 Å². The maximum Gasteiger partial charge on any atom is 0.416 e. The molecule has 3 nitrogen and oxygen atoms in total. The first kappa shape index (κ1) is 18.6. The third kappa shape index (κ3) is 4.20. The molecular formula is C17H22F3N3S. The van der Waals surface area contributed by atoms with Crippen LogP contribution in [0.25, 0.3) is 0 Å². The Kier molecular flexibility index (Phi) is 6.10. The molecule has 3 rings (SSSR count). The number of alkyl halides is 3. The molecule has 2 aromatic rings. The molecule has 1 aliphatic rings. The summed E-state index contributed by atoms with van der Waals surface area (Å²) in [4.78, 5) is 8.44. The Morgan fingerprint density at radius 1 is 1.04 bits per heavy atom. The highest BCUT2D eigenvalue weighted by molar-refractivity contribution is 7.13. The van der Waals surface area contributed by atoms with Crippen molar-refractivity contribution in [3.8, 4) is 0 Å². The van der Waals surface area contributed by atoms with Gasteiger partial charge in [0.25, 0.3) is 0 Å². The number of aromatic nitrogens is 1. The Balaban J connectivity index is 0.00000100. The number of piperazine rings is 1. The minimum atomic E-state index is -4.30. The summed E-state index contributed by atoms with van der Waals surface area (Å²) in [6.45, 7) is 8.42. The van der Waals surface area contributed by atoms with Crippen LogP contribution in [0.5, 0.6) is 0 Å². The van der Waals surface area contributed by atoms with E-state index < -0.39 is 11.7 Å². The number of hydrogen-bond acceptors (Lipinski definition) is 4. The van der Waals surface area contributed by atoms with Crippen LogP contribution < -0.4 is 9.80 Å². The summed E-state index contributed by atoms with van der Waals surface area (Å²) in [5, 5.41) is 2.90. The minimum Gasteiger partial charge on any atom is -0.368 e. The van der Waals surface area contributed by atoms with Gasteiger partial charge in [-0.25, -0.2) is 4.98 Å². The molecule has 0 atom stereocenters. The number of halogens is 3. The number of aryl methyl sites for hydroxylation is 1. The van der Waals surface area contributed by atoms with E-state index in [2.05, 4.69) is 9.88 Å². The van der Waals surface area contributed by atoms with E-state index in [-0.39, 0.29) is 5.56 Å². The van der Waals surface area contributed by atoms with E-state index in [1.807, 2.05) is 24.1 Å². The lowest BCUT2D eigenvalue weighted by atomic mass is 10.1. The molecule has 0 unspecified atom stereocenters. The molecule has 132 valence electrons. The minimum absolute atomic E-state index is 0.262. The molecule has 2 heterocycles. The molecule has 1 aromatic heterocycles. The predicted octanol–water partition coefficient (Wildman–Crippen LogP) is 4.82. The summed E-state index contributed by atoms with van der Waals surface area (Å²) in [5.74, 6) is 0. The van der Waals surface area contributed by atoms with Crippen LogP contribution in [0.4, 0.5) is 24.0 Å². The maximum absolute atomic E-state index is 13.0. The van der Waals surface area contributed by atoms with Crippen LogP contribution >= 0.6 is 11.3 Å². The Hall–Kier alpha value is -1.76. The van der Waals surface area contributed by atoms with Gasteiger partial charge in [-0.3, -0.25) is 0 Å². The summed E-state index contributed by atoms with van der Waals surface area (Å²) in [6.07, 6.45) is -2.54. The van der Waals surface area contributed by atoms with Crippen molar-refractivity contribution >= 4 is 22.2 Å². The van der Waals surface area contributed by atoms with E-state index in [9.17, 15) is 13.2 Å². The zero-order valence-corrected chi connectivity index (χ0v) is 14.9. The second kappa shape index (κ2) is 7.88. The van der Waals surface area contributed by atoms with Crippen molar-refractivity contribution in [2.24, 2.45) is 0 Å². The Morgan fingerprint density at radius 2 is 1.67 bits per heavy atom. The van der Waals surface area contributed by atoms with E-state index in [4.69, 9.17) is 0 Å². The van der Waals surface area contributed by atoms with Crippen molar-refractivity contribution in [2.45, 2.75) is 26.9 Å². The summed E-state index contributed by atoms with van der Waals surface area (Å²) >= 11 is 1.58. The van der Waals surface area contributed by atoms with Crippen molar-refractivity contribution in [1.82, 2.24) is 4.98 Å². The lowest BCUT2D eigenvalue weighted by Gasteiger charge is -2.36. The van der Waals surface area contributed by atoms with E-state index in [0.717, 1.165) is 18.2 Å². The van der Waals surface area contributed by atoms with Crippen LogP contribution in [0.15, 0.2) is 29.8 Å². The van der Waals surface area contributed by atoms with Crippen molar-refractivity contribution in [1.29, 1.82) is 0 Å². The van der Waals surface area contributed by atoms with E-state index >= 15 is 0 Å². The van der Waals surface area contributed by atoms with Gasteiger partial charge < -0.3 is 9.80 Å². The van der Waals surface area contributed by atoms with Crippen LogP contribution in [-0.2, 0) is 6.18 Å². The standard InChI is InChI=1S/C15H16F3N3S.C2H6/c1-11-2-3-12(10-13(11)15(16,17)18)20-5-7-21(8-6-20)14-19-4-9-22-14;1-2/h2-4,9-10H,5-8H2,1H3;1-2H3. The first-order chi connectivity index (χ1) is 11.4. The van der Waals surface area contributed by atoms with Gasteiger partial charge in [0.05, 0.1) is 5.56 Å². The molecule has 1 saturated heterocycles. The van der Waals surface area contributed by atoms with Gasteiger partial charge in [-0.05, 0) is 24.6 Å². The van der Waals surface area contributed by atoms with Gasteiger partial charge in [-0.1, -0.05) is 19.9 Å². The Morgan fingerprint density at radius 3 is 2.21 bits per heavy atom. The van der Waals surface area contributed by atoms with Gasteiger partial charge in [0, 0.05) is 43.4 Å². The predicted molar refractivity (Wildman–Crippen MR) is 94.1 cm³/mol. The molecule has 0 radical (unpaired) electrons. The molecule has 0 bridgehead atoms. The highest BCUT2D eigenvalue weighted by atomic mass is 32.1. The number of thiazole rings is 1. The summed E-state index contributed by atoms with van der Waals surface area (Å²) in [6, 6.07) is 4.57. The molecule has 0 amide bonds. The lowest BCUT2D eigenvalue weighted by molar-refractivity contribution is -0.138. The second-order valence-corrected chi connectivity index (χ2v) is 6.16. The fourth-order valence-corrected chi connectivity index (χ4v) is 3.34. The number of nitrogens with zero attached hydrogens (tertiary/aromatic N) is 3. The monoisotopic (exact) mass is 357 g/mol. The Labute approximate surface area is 144 Å². The number of benzene rings is 1. The average Bonchev–Trinajstić information content (AvgIpc) is 3.11. The molecule has 0 N–H and O–H groups in total. The molecule has 1 aromatic carbocycles. The van der Waals surface area contributed by atoms with Gasteiger partial charge in [0.1, 0.15) is 0 Å². The first-order valence-corrected chi connectivity index (χ1v) is 8.90. The molecule has 24 heavy (non-hydrogen) atoms. The molecular weight excluding hydrogens is 335 g/mol. The zero-order chi connectivity index (χ0) is 17.7. The third-order valence-corrected chi connectivity index (χ3v) is 4.69. The van der Waals surface area contributed by atoms with Crippen molar-refractivity contribution in [3.63, 3.8) is 0 Å². The Bertz CT molecular complexity index is 633. The van der Waals surface area contributed by atoms with Gasteiger partial charge in [-0.2, -0.15) is 13.2 Å². The molecule has 1 aliphatic heterocycles. The SMILES string of the molecule is CC.Cc1ccc(N2CCN(c3nccs3)CC2)cc1C(F)(F)F. The normalized spacial score (nSPS) is 15.1. The number of hydrogen-bond donors (Lipinski definition) is 0. The molecule has 1 fully saturated rings. The van der Waals surface area contributed by atoms with E-state index in [1.54, 1.807) is 29.7 Å². The second-order valence-electron chi connectivity index (χ2n) is 5.29. The van der Waals surface area contributed by atoms with Crippen molar-refractivity contribution in [2.75, 3.05) is 36.0 Å². The first-order valence-electron chi connectivity index (χ1n) is 8.02. The third-order valence-electron chi connectivity index (χ3n) is 3.86. The maximum atomic E-state index is 13.0. The van der Waals surface area contributed by atoms with Gasteiger partial charge in [0.15, 0.2) is 5.13 Å². The quantitative estimate of drug-likeness (QED) is 0.768. The van der Waals surface area contributed by atoms with Crippen LogP contribution in [0.2, 0.25) is 0 Å². The van der Waals surface area contributed by atoms with Gasteiger partial charge >= 0.3 is 6.18 Å². The highest BCUT2D eigenvalue weighted by Gasteiger charge is 2.33. The van der Waals surface area contributed by atoms with Crippen LogP contribution in [0.3, 0.4) is 0 Å². The number of anilines is 2. The average molecular weight is 357 g/mol. The summed E-state index contributed by atoms with van der Waals surface area (Å²) < 4.78 is 39.0. The molecule has 0 aliphatic carbocycles. The fourth-order valence-electron chi connectivity index (χ4n) is 2.64. The van der Waals surface area contributed by atoms with Gasteiger partial charge in [-0.15, -0.1) is 11.3 Å². The summed E-state index contributed by atoms with van der Waals surface area (Å²) in [5.41, 5.74) is 0.349. The lowest BCUT2D eigenvalue weighted by Crippen LogP contribution is -2.46. The zero-order valence-electron chi connectivity index (χ0n) is 14.1. The molecule has 0 spiro atoms. The molecule has 7 heteroatoms. The van der Waals surface area contributed by atoms with Crippen molar-refractivity contribution < 1.29 is 13.2 Å². The topological polar surface area (TPSA) is 19.4 Å². The fraction of sp³-hybridized carbons (Fsp3) is 0.471. The largest absolute Gasteiger partial charge is 0.416 e. The highest BCUT2D eigenvalue weighted by Crippen LogP contribution is 2.34. The van der Waals surface area contributed by atoms with Crippen LogP contribution in [0, 0.1) is 6.92 Å². The molecule has 0 saturated carbocycles. The number of rotatable bonds is 2. The van der Waals surface area contributed by atoms with Crippen LogP contribution in [0.1, 0.15) is 25.0 Å². The van der Waals surface area contributed by atoms with Crippen LogP contribution in [-0.4, -0.2) is 31.2 Å². The summed E-state index contributed by atoms with van der Waals surface area (Å²) in [7, 11) is 0.